The molecule has 0 saturated heterocycles. The third-order valence-electron chi connectivity index (χ3n) is 3.80. The van der Waals surface area contributed by atoms with Crippen molar-refractivity contribution in [2.75, 3.05) is 18.5 Å². The summed E-state index contributed by atoms with van der Waals surface area (Å²) in [5.74, 6) is 4.77. The van der Waals surface area contributed by atoms with E-state index in [1.54, 1.807) is 0 Å². The summed E-state index contributed by atoms with van der Waals surface area (Å²) in [7, 11) is 0. The van der Waals surface area contributed by atoms with Gasteiger partial charge < -0.3 is 14.8 Å². The number of nitrogens with zero attached hydrogens (tertiary/aromatic N) is 2. The van der Waals surface area contributed by atoms with Crippen molar-refractivity contribution in [1.82, 2.24) is 9.97 Å². The molecule has 24 heavy (non-hydrogen) atoms. The van der Waals surface area contributed by atoms with Crippen molar-refractivity contribution in [2.45, 2.75) is 6.42 Å². The van der Waals surface area contributed by atoms with Crippen LogP contribution >= 0.6 is 0 Å². The average Bonchev–Trinajstić information content (AvgIpc) is 2.85. The molecule has 3 aromatic rings. The first-order chi connectivity index (χ1) is 11.8. The van der Waals surface area contributed by atoms with Crippen molar-refractivity contribution >= 4 is 22.4 Å². The van der Waals surface area contributed by atoms with Gasteiger partial charge in [-0.15, -0.1) is 6.42 Å². The molecule has 1 N–H and O–H groups in total. The Labute approximate surface area is 139 Å². The van der Waals surface area contributed by atoms with Crippen LogP contribution in [0.25, 0.3) is 10.9 Å². The number of fused-ring (bicyclic) bond motifs is 2. The fourth-order valence-corrected chi connectivity index (χ4v) is 2.64. The van der Waals surface area contributed by atoms with Crippen LogP contribution in [0.1, 0.15) is 12.0 Å². The van der Waals surface area contributed by atoms with E-state index >= 15 is 0 Å². The van der Waals surface area contributed by atoms with Crippen LogP contribution in [0.4, 0.5) is 11.5 Å². The van der Waals surface area contributed by atoms with Crippen LogP contribution in [0.5, 0.6) is 11.5 Å². The molecule has 1 aliphatic rings. The Kier molecular flexibility index (Phi) is 3.64. The van der Waals surface area contributed by atoms with Gasteiger partial charge in [0, 0.05) is 29.1 Å². The second kappa shape index (κ2) is 6.09. The van der Waals surface area contributed by atoms with Crippen molar-refractivity contribution in [3.63, 3.8) is 0 Å². The molecule has 1 aromatic heterocycles. The van der Waals surface area contributed by atoms with E-state index in [-0.39, 0.29) is 0 Å². The fraction of sp³-hybridized carbons (Fsp3) is 0.158. The molecule has 118 valence electrons. The third-order valence-corrected chi connectivity index (χ3v) is 3.80. The molecule has 1 aliphatic heterocycles. The summed E-state index contributed by atoms with van der Waals surface area (Å²) < 4.78 is 11.5. The van der Waals surface area contributed by atoms with Gasteiger partial charge in [0.05, 0.1) is 18.7 Å². The average molecular weight is 317 g/mol. The van der Waals surface area contributed by atoms with Crippen molar-refractivity contribution in [2.24, 2.45) is 0 Å². The predicted octanol–water partition coefficient (Wildman–Crippen LogP) is 3.52. The van der Waals surface area contributed by atoms with E-state index in [2.05, 4.69) is 21.2 Å². The Hall–Kier alpha value is -3.26. The number of benzene rings is 2. The maximum absolute atomic E-state index is 5.76. The normalized spacial score (nSPS) is 13.1. The van der Waals surface area contributed by atoms with E-state index in [4.69, 9.17) is 15.9 Å². The zero-order valence-electron chi connectivity index (χ0n) is 13.0. The highest BCUT2D eigenvalue weighted by atomic mass is 16.5. The molecule has 0 amide bonds. The number of anilines is 2. The number of ether oxygens (including phenoxy) is 2. The molecule has 0 aliphatic carbocycles. The third kappa shape index (κ3) is 2.70. The smallest absolute Gasteiger partial charge is 0.163 e. The zero-order chi connectivity index (χ0) is 16.4. The molecule has 0 bridgehead atoms. The lowest BCUT2D eigenvalue weighted by atomic mass is 10.2. The van der Waals surface area contributed by atoms with Gasteiger partial charge >= 0.3 is 0 Å². The maximum Gasteiger partial charge on any atom is 0.163 e. The molecule has 0 unspecified atom stereocenters. The van der Waals surface area contributed by atoms with Gasteiger partial charge in [0.15, 0.2) is 11.5 Å². The Morgan fingerprint density at radius 3 is 2.71 bits per heavy atom. The van der Waals surface area contributed by atoms with Crippen LogP contribution in [0.3, 0.4) is 0 Å². The molecule has 5 nitrogen and oxygen atoms in total. The van der Waals surface area contributed by atoms with Crippen LogP contribution in [-0.4, -0.2) is 23.2 Å². The summed E-state index contributed by atoms with van der Waals surface area (Å²) in [6.07, 6.45) is 7.85. The first-order valence-corrected chi connectivity index (χ1v) is 7.71. The summed E-state index contributed by atoms with van der Waals surface area (Å²) in [6.45, 7) is 1.28. The molecular formula is C19H15N3O2. The lowest BCUT2D eigenvalue weighted by molar-refractivity contribution is 0.297. The first-order valence-electron chi connectivity index (χ1n) is 7.71. The monoisotopic (exact) mass is 317 g/mol. The highest BCUT2D eigenvalue weighted by Crippen LogP contribution is 2.36. The van der Waals surface area contributed by atoms with Crippen LogP contribution in [0, 0.1) is 12.3 Å². The minimum absolute atomic E-state index is 0.638. The summed E-state index contributed by atoms with van der Waals surface area (Å²) >= 11 is 0. The quantitative estimate of drug-likeness (QED) is 0.733. The van der Waals surface area contributed by atoms with Gasteiger partial charge in [-0.1, -0.05) is 12.0 Å². The molecule has 2 heterocycles. The molecular weight excluding hydrogens is 302 g/mol. The van der Waals surface area contributed by atoms with E-state index in [1.165, 1.54) is 6.33 Å². The number of aromatic nitrogens is 2. The summed E-state index contributed by atoms with van der Waals surface area (Å²) in [4.78, 5) is 8.70. The van der Waals surface area contributed by atoms with Gasteiger partial charge in [-0.05, 0) is 24.3 Å². The molecule has 2 aromatic carbocycles. The van der Waals surface area contributed by atoms with E-state index in [9.17, 15) is 0 Å². The van der Waals surface area contributed by atoms with Crippen molar-refractivity contribution in [1.29, 1.82) is 0 Å². The number of rotatable bonds is 2. The molecule has 4 rings (SSSR count). The largest absolute Gasteiger partial charge is 0.490 e. The van der Waals surface area contributed by atoms with Gasteiger partial charge in [0.25, 0.3) is 0 Å². The van der Waals surface area contributed by atoms with Crippen LogP contribution in [-0.2, 0) is 0 Å². The Balaban J connectivity index is 1.78. The van der Waals surface area contributed by atoms with Gasteiger partial charge in [0.2, 0.25) is 0 Å². The van der Waals surface area contributed by atoms with E-state index in [1.807, 2.05) is 36.4 Å². The Morgan fingerprint density at radius 1 is 1.04 bits per heavy atom. The zero-order valence-corrected chi connectivity index (χ0v) is 13.0. The Morgan fingerprint density at radius 2 is 1.88 bits per heavy atom. The molecule has 0 atom stereocenters. The molecule has 0 fully saturated rings. The van der Waals surface area contributed by atoms with Crippen LogP contribution in [0.2, 0.25) is 0 Å². The van der Waals surface area contributed by atoms with E-state index < -0.39 is 0 Å². The SMILES string of the molecule is C#Cc1cccc(Nc2ncnc3cc4c(cc23)OCCCO4)c1. The number of terminal acetylenes is 1. The van der Waals surface area contributed by atoms with Gasteiger partial charge in [0.1, 0.15) is 12.1 Å². The number of nitrogens with one attached hydrogen (secondary N) is 1. The summed E-state index contributed by atoms with van der Waals surface area (Å²) in [5.41, 5.74) is 2.48. The van der Waals surface area contributed by atoms with Gasteiger partial charge in [-0.25, -0.2) is 9.97 Å². The van der Waals surface area contributed by atoms with Crippen molar-refractivity contribution in [3.05, 3.63) is 48.3 Å². The lowest BCUT2D eigenvalue weighted by Crippen LogP contribution is -1.98. The molecule has 0 radical (unpaired) electrons. The predicted molar refractivity (Wildman–Crippen MR) is 92.8 cm³/mol. The van der Waals surface area contributed by atoms with E-state index in [0.717, 1.165) is 40.1 Å². The Bertz CT molecular complexity index is 947. The first kappa shape index (κ1) is 14.3. The summed E-state index contributed by atoms with van der Waals surface area (Å²) in [5, 5.41) is 4.17. The highest BCUT2D eigenvalue weighted by molar-refractivity contribution is 5.93. The fourth-order valence-electron chi connectivity index (χ4n) is 2.64. The second-order valence-corrected chi connectivity index (χ2v) is 5.44. The van der Waals surface area contributed by atoms with E-state index in [0.29, 0.717) is 19.0 Å². The second-order valence-electron chi connectivity index (χ2n) is 5.44. The van der Waals surface area contributed by atoms with Crippen LogP contribution < -0.4 is 14.8 Å². The summed E-state index contributed by atoms with van der Waals surface area (Å²) in [6, 6.07) is 11.4. The number of hydrogen-bond donors (Lipinski definition) is 1. The molecule has 0 spiro atoms. The molecule has 0 saturated carbocycles. The topological polar surface area (TPSA) is 56.3 Å². The number of hydrogen-bond acceptors (Lipinski definition) is 5. The maximum atomic E-state index is 5.76. The van der Waals surface area contributed by atoms with Crippen molar-refractivity contribution < 1.29 is 9.47 Å². The minimum atomic E-state index is 0.638. The van der Waals surface area contributed by atoms with Crippen LogP contribution in [0.15, 0.2) is 42.7 Å². The highest BCUT2D eigenvalue weighted by Gasteiger charge is 2.14. The van der Waals surface area contributed by atoms with Gasteiger partial charge in [-0.2, -0.15) is 0 Å². The molecule has 5 heteroatoms. The standard InChI is InChI=1S/C19H15N3O2/c1-2-13-5-3-6-14(9-13)22-19-15-10-17-18(24-8-4-7-23-17)11-16(15)20-12-21-19/h1,3,5-6,9-12H,4,7-8H2,(H,20,21,22). The minimum Gasteiger partial charge on any atom is -0.490 e. The van der Waals surface area contributed by atoms with Crippen molar-refractivity contribution in [3.8, 4) is 23.8 Å². The van der Waals surface area contributed by atoms with Gasteiger partial charge in [-0.3, -0.25) is 0 Å². The lowest BCUT2D eigenvalue weighted by Gasteiger charge is -2.12.